The Kier molecular flexibility index (Phi) is 4.86. The number of hydrogen-bond donors (Lipinski definition) is 0. The number of halogens is 1. The fraction of sp³-hybridized carbons (Fsp3) is 0.0909. The molecule has 82 valence electrons. The van der Waals surface area contributed by atoms with Crippen molar-refractivity contribution in [3.63, 3.8) is 0 Å². The maximum atomic E-state index is 10.9. The van der Waals surface area contributed by atoms with Gasteiger partial charge in [-0.25, -0.2) is 4.79 Å². The Balaban J connectivity index is 2.93. The zero-order valence-electron chi connectivity index (χ0n) is 8.44. The number of carbonyl (C=O) groups is 1. The van der Waals surface area contributed by atoms with Crippen molar-refractivity contribution < 1.29 is 9.53 Å². The fourth-order valence-electron chi connectivity index (χ4n) is 0.999. The summed E-state index contributed by atoms with van der Waals surface area (Å²) < 4.78 is 4.46. The van der Waals surface area contributed by atoms with E-state index in [-0.39, 0.29) is 0 Å². The van der Waals surface area contributed by atoms with Gasteiger partial charge >= 0.3 is 5.97 Å². The first-order valence-electron chi connectivity index (χ1n) is 4.31. The Morgan fingerprint density at radius 1 is 1.62 bits per heavy atom. The summed E-state index contributed by atoms with van der Waals surface area (Å²) in [6.07, 6.45) is 2.91. The van der Waals surface area contributed by atoms with Gasteiger partial charge in [0.1, 0.15) is 0 Å². The van der Waals surface area contributed by atoms with E-state index in [9.17, 15) is 4.79 Å². The third-order valence-electron chi connectivity index (χ3n) is 1.75. The summed E-state index contributed by atoms with van der Waals surface area (Å²) in [5.41, 5.74) is 1.32. The van der Waals surface area contributed by atoms with Crippen molar-refractivity contribution in [2.24, 2.45) is 4.99 Å². The molecule has 0 unspecified atom stereocenters. The van der Waals surface area contributed by atoms with Crippen LogP contribution in [-0.2, 0) is 9.53 Å². The molecule has 1 rings (SSSR count). The summed E-state index contributed by atoms with van der Waals surface area (Å²) in [6.45, 7) is 0. The van der Waals surface area contributed by atoms with Crippen LogP contribution in [0.15, 0.2) is 29.3 Å². The minimum Gasteiger partial charge on any atom is -0.466 e. The zero-order chi connectivity index (χ0) is 12.0. The molecule has 0 aliphatic rings. The van der Waals surface area contributed by atoms with Gasteiger partial charge in [-0.15, -0.1) is 0 Å². The summed E-state index contributed by atoms with van der Waals surface area (Å²) in [5, 5.41) is 2.68. The number of rotatable bonds is 3. The van der Waals surface area contributed by atoms with E-state index in [2.05, 4.69) is 27.1 Å². The van der Waals surface area contributed by atoms with Crippen LogP contribution in [0.1, 0.15) is 5.56 Å². The summed E-state index contributed by atoms with van der Waals surface area (Å²) in [4.78, 5) is 14.6. The normalized spacial score (nSPS) is 9.88. The second kappa shape index (κ2) is 6.18. The zero-order valence-corrected chi connectivity index (χ0v) is 10.0. The Bertz CT molecular complexity index is 479. The van der Waals surface area contributed by atoms with Crippen molar-refractivity contribution in [3.05, 3.63) is 34.9 Å². The molecule has 0 aromatic heterocycles. The first-order valence-corrected chi connectivity index (χ1v) is 5.09. The van der Waals surface area contributed by atoms with E-state index in [1.54, 1.807) is 24.3 Å². The van der Waals surface area contributed by atoms with Gasteiger partial charge in [0.15, 0.2) is 0 Å². The smallest absolute Gasteiger partial charge is 0.330 e. The van der Waals surface area contributed by atoms with E-state index in [1.807, 2.05) is 0 Å². The molecule has 0 aliphatic carbocycles. The van der Waals surface area contributed by atoms with Crippen molar-refractivity contribution in [3.8, 4) is 0 Å². The van der Waals surface area contributed by atoms with Gasteiger partial charge in [-0.05, 0) is 36.0 Å². The number of thiocarbonyl (C=S) groups is 1. The van der Waals surface area contributed by atoms with Gasteiger partial charge in [0.05, 0.1) is 23.0 Å². The molecule has 0 amide bonds. The Hall–Kier alpha value is -1.48. The molecule has 0 bridgehead atoms. The van der Waals surface area contributed by atoms with Crippen molar-refractivity contribution in [2.75, 3.05) is 7.11 Å². The van der Waals surface area contributed by atoms with E-state index >= 15 is 0 Å². The average molecular weight is 254 g/mol. The largest absolute Gasteiger partial charge is 0.466 e. The SMILES string of the molecule is COC(=O)C=Cc1ccc(N=C=S)c(Cl)c1. The molecule has 0 atom stereocenters. The van der Waals surface area contributed by atoms with Crippen LogP contribution in [0, 0.1) is 0 Å². The third-order valence-corrected chi connectivity index (χ3v) is 2.14. The van der Waals surface area contributed by atoms with Crippen LogP contribution < -0.4 is 0 Å². The highest BCUT2D eigenvalue weighted by atomic mass is 35.5. The molecule has 0 radical (unpaired) electrons. The predicted molar refractivity (Wildman–Crippen MR) is 67.2 cm³/mol. The minimum absolute atomic E-state index is 0.419. The first kappa shape index (κ1) is 12.6. The van der Waals surface area contributed by atoms with Gasteiger partial charge < -0.3 is 4.74 Å². The monoisotopic (exact) mass is 253 g/mol. The molecule has 0 spiro atoms. The van der Waals surface area contributed by atoms with Crippen molar-refractivity contribution >= 4 is 46.7 Å². The lowest BCUT2D eigenvalue weighted by atomic mass is 10.2. The quantitative estimate of drug-likeness (QED) is 0.359. The Labute approximate surface area is 103 Å². The Morgan fingerprint density at radius 3 is 2.94 bits per heavy atom. The number of hydrogen-bond acceptors (Lipinski definition) is 4. The van der Waals surface area contributed by atoms with Crippen LogP contribution in [0.2, 0.25) is 5.02 Å². The molecule has 0 fully saturated rings. The van der Waals surface area contributed by atoms with E-state index in [0.717, 1.165) is 5.56 Å². The van der Waals surface area contributed by atoms with Crippen molar-refractivity contribution in [2.45, 2.75) is 0 Å². The van der Waals surface area contributed by atoms with Gasteiger partial charge in [0, 0.05) is 6.08 Å². The Morgan fingerprint density at radius 2 is 2.38 bits per heavy atom. The highest BCUT2D eigenvalue weighted by molar-refractivity contribution is 7.78. The van der Waals surface area contributed by atoms with E-state index in [4.69, 9.17) is 11.6 Å². The number of benzene rings is 1. The molecule has 16 heavy (non-hydrogen) atoms. The molecule has 5 heteroatoms. The standard InChI is InChI=1S/C11H8ClNO2S/c1-15-11(14)5-3-8-2-4-10(13-7-16)9(12)6-8/h2-6H,1H3. The van der Waals surface area contributed by atoms with Crippen LogP contribution in [0.3, 0.4) is 0 Å². The van der Waals surface area contributed by atoms with Crippen LogP contribution in [0.5, 0.6) is 0 Å². The summed E-state index contributed by atoms with van der Waals surface area (Å²) in [6, 6.07) is 5.13. The van der Waals surface area contributed by atoms with Gasteiger partial charge in [0.25, 0.3) is 0 Å². The molecule has 0 heterocycles. The van der Waals surface area contributed by atoms with E-state index in [0.29, 0.717) is 10.7 Å². The highest BCUT2D eigenvalue weighted by Gasteiger charge is 1.99. The number of esters is 1. The lowest BCUT2D eigenvalue weighted by Crippen LogP contribution is -1.93. The fourth-order valence-corrected chi connectivity index (χ4v) is 1.33. The molecule has 0 aliphatic heterocycles. The minimum atomic E-state index is -0.419. The third kappa shape index (κ3) is 3.59. The number of isothiocyanates is 1. The lowest BCUT2D eigenvalue weighted by Gasteiger charge is -1.98. The van der Waals surface area contributed by atoms with Crippen LogP contribution >= 0.6 is 23.8 Å². The molecule has 1 aromatic carbocycles. The average Bonchev–Trinajstić information content (AvgIpc) is 2.29. The predicted octanol–water partition coefficient (Wildman–Crippen LogP) is 3.26. The maximum Gasteiger partial charge on any atom is 0.330 e. The molecule has 3 nitrogen and oxygen atoms in total. The second-order valence-electron chi connectivity index (χ2n) is 2.77. The number of methoxy groups -OCH3 is 1. The van der Waals surface area contributed by atoms with Crippen molar-refractivity contribution in [1.82, 2.24) is 0 Å². The lowest BCUT2D eigenvalue weighted by molar-refractivity contribution is -0.134. The van der Waals surface area contributed by atoms with Gasteiger partial charge in [0.2, 0.25) is 0 Å². The molecule has 0 N–H and O–H groups in total. The van der Waals surface area contributed by atoms with E-state index < -0.39 is 5.97 Å². The molecular formula is C11H8ClNO2S. The highest BCUT2D eigenvalue weighted by Crippen LogP contribution is 2.25. The van der Waals surface area contributed by atoms with Gasteiger partial charge in [-0.2, -0.15) is 4.99 Å². The molecule has 0 saturated heterocycles. The van der Waals surface area contributed by atoms with Crippen LogP contribution in [0.4, 0.5) is 5.69 Å². The van der Waals surface area contributed by atoms with Crippen molar-refractivity contribution in [1.29, 1.82) is 0 Å². The second-order valence-corrected chi connectivity index (χ2v) is 3.36. The number of nitrogens with zero attached hydrogens (tertiary/aromatic N) is 1. The molecule has 1 aromatic rings. The van der Waals surface area contributed by atoms with Crippen LogP contribution in [-0.4, -0.2) is 18.2 Å². The summed E-state index contributed by atoms with van der Waals surface area (Å²) in [5.74, 6) is -0.419. The maximum absolute atomic E-state index is 10.9. The van der Waals surface area contributed by atoms with Crippen LogP contribution in [0.25, 0.3) is 6.08 Å². The summed E-state index contributed by atoms with van der Waals surface area (Å²) in [7, 11) is 1.32. The molecule has 0 saturated carbocycles. The molecular weight excluding hydrogens is 246 g/mol. The van der Waals surface area contributed by atoms with Gasteiger partial charge in [-0.1, -0.05) is 17.7 Å². The summed E-state index contributed by atoms with van der Waals surface area (Å²) >= 11 is 10.4. The topological polar surface area (TPSA) is 38.7 Å². The number of aliphatic imine (C=N–C) groups is 1. The number of ether oxygens (including phenoxy) is 1. The number of carbonyl (C=O) groups excluding carboxylic acids is 1. The van der Waals surface area contributed by atoms with Gasteiger partial charge in [-0.3, -0.25) is 0 Å². The van der Waals surface area contributed by atoms with E-state index in [1.165, 1.54) is 13.2 Å². The first-order chi connectivity index (χ1) is 7.67.